The topological polar surface area (TPSA) is 13.1 Å². The van der Waals surface area contributed by atoms with Crippen LogP contribution >= 0.6 is 0 Å². The van der Waals surface area contributed by atoms with E-state index in [-0.39, 0.29) is 11.1 Å². The fraction of sp³-hybridized carbons (Fsp3) is 0. The largest absolute Gasteiger partial charge is 0.456 e. The van der Waals surface area contributed by atoms with Gasteiger partial charge in [-0.15, -0.1) is 0 Å². The third-order valence-corrected chi connectivity index (χ3v) is 8.84. The Morgan fingerprint density at radius 3 is 1.65 bits per heavy atom. The van der Waals surface area contributed by atoms with Crippen molar-refractivity contribution in [1.29, 1.82) is 0 Å². The number of hydrogen-bond acceptors (Lipinski definition) is 1. The summed E-state index contributed by atoms with van der Waals surface area (Å²) < 4.78 is 159. The van der Waals surface area contributed by atoms with Crippen molar-refractivity contribution in [2.75, 3.05) is 0 Å². The normalized spacial score (nSPS) is 16.5. The van der Waals surface area contributed by atoms with E-state index >= 15 is 0 Å². The van der Waals surface area contributed by atoms with Gasteiger partial charge in [0.1, 0.15) is 11.2 Å². The van der Waals surface area contributed by atoms with Crippen molar-refractivity contribution in [2.24, 2.45) is 0 Å². The maximum absolute atomic E-state index is 9.57. The molecule has 0 radical (unpaired) electrons. The van der Waals surface area contributed by atoms with Gasteiger partial charge in [-0.25, -0.2) is 0 Å². The second-order valence-corrected chi connectivity index (χ2v) is 11.6. The van der Waals surface area contributed by atoms with E-state index in [4.69, 9.17) is 16.8 Å². The molecule has 0 aliphatic heterocycles. The third kappa shape index (κ3) is 4.47. The summed E-state index contributed by atoms with van der Waals surface area (Å²) in [5, 5.41) is 1.39. The summed E-state index contributed by atoms with van der Waals surface area (Å²) in [6.45, 7) is 0. The molecule has 0 saturated heterocycles. The molecule has 0 amide bonds. The summed E-state index contributed by atoms with van der Waals surface area (Å²) in [5.74, 6) is 0. The monoisotopic (exact) mass is 639 g/mol. The van der Waals surface area contributed by atoms with Crippen molar-refractivity contribution in [1.82, 2.24) is 0 Å². The van der Waals surface area contributed by atoms with E-state index in [1.54, 1.807) is 18.2 Å². The molecule has 0 unspecified atom stereocenters. The maximum atomic E-state index is 9.57. The molecule has 0 fully saturated rings. The molecular weight excluding hydrogens is 593 g/mol. The lowest BCUT2D eigenvalue weighted by Gasteiger charge is -2.18. The predicted octanol–water partition coefficient (Wildman–Crippen LogP) is 13.7. The number of benzene rings is 9. The zero-order chi connectivity index (χ0) is 47.1. The fourth-order valence-electron chi connectivity index (χ4n) is 6.66. The average Bonchev–Trinajstić information content (AvgIpc) is 3.70. The molecule has 0 spiro atoms. The van der Waals surface area contributed by atoms with E-state index in [2.05, 4.69) is 6.07 Å². The standard InChI is InChI=1S/C48H30O/c1-2-12-33(13-3-1)46-39-15-6-8-17-41(39)47(42-18-9-7-16-40(42)46)34-24-21-32(22-25-34)36-27-28-44-43(30-36)48-38(19-10-20-45(48)49-44)37-26-23-31-11-4-5-14-35(31)29-37/h1-30H/i1D,2D,3D,6D,7D,8D,9D,12D,13D,15D,16D,17D,18D,21D,22D,24D,25D. The van der Waals surface area contributed by atoms with Crippen LogP contribution in [0, 0.1) is 0 Å². The zero-order valence-corrected chi connectivity index (χ0v) is 25.4. The summed E-state index contributed by atoms with van der Waals surface area (Å²) in [4.78, 5) is 0. The lowest BCUT2D eigenvalue weighted by Crippen LogP contribution is -1.90. The Bertz CT molecular complexity index is 3720. The van der Waals surface area contributed by atoms with Crippen LogP contribution in [0.2, 0.25) is 0 Å². The molecule has 9 aromatic carbocycles. The molecule has 1 nitrogen and oxygen atoms in total. The zero-order valence-electron chi connectivity index (χ0n) is 42.4. The van der Waals surface area contributed by atoms with Crippen LogP contribution in [0.1, 0.15) is 23.3 Å². The van der Waals surface area contributed by atoms with Gasteiger partial charge in [0.25, 0.3) is 0 Å². The lowest BCUT2D eigenvalue weighted by atomic mass is 9.85. The molecule has 10 aromatic rings. The van der Waals surface area contributed by atoms with Gasteiger partial charge in [0.05, 0.1) is 23.3 Å². The third-order valence-electron chi connectivity index (χ3n) is 8.84. The highest BCUT2D eigenvalue weighted by molar-refractivity contribution is 6.21. The minimum atomic E-state index is -0.826. The van der Waals surface area contributed by atoms with Crippen LogP contribution < -0.4 is 0 Å². The van der Waals surface area contributed by atoms with E-state index in [9.17, 15) is 11.0 Å². The van der Waals surface area contributed by atoms with Crippen LogP contribution in [0.15, 0.2) is 186 Å². The van der Waals surface area contributed by atoms with Crippen LogP contribution in [0.4, 0.5) is 0 Å². The van der Waals surface area contributed by atoms with Crippen molar-refractivity contribution >= 4 is 54.3 Å². The Kier molecular flexibility index (Phi) is 3.54. The van der Waals surface area contributed by atoms with Gasteiger partial charge in [-0.05, 0) is 101 Å². The molecule has 0 aliphatic rings. The van der Waals surface area contributed by atoms with Crippen molar-refractivity contribution < 1.29 is 27.7 Å². The van der Waals surface area contributed by atoms with Gasteiger partial charge in [0.15, 0.2) is 0 Å². The molecule has 0 aliphatic carbocycles. The molecular formula is C48H30O. The second-order valence-electron chi connectivity index (χ2n) is 11.6. The van der Waals surface area contributed by atoms with Crippen molar-refractivity contribution in [2.45, 2.75) is 0 Å². The molecule has 1 heterocycles. The second kappa shape index (κ2) is 11.1. The summed E-state index contributed by atoms with van der Waals surface area (Å²) in [7, 11) is 0. The SMILES string of the molecule is [2H]c1c([2H])c([2H])c(-c2c3c([2H])c([2H])c([2H])c([2H])c3c(-c3c([2H])c([2H])c(-c4ccc5oc6cccc(-c7ccc8ccccc8c7)c6c5c4)c([2H])c3[2H])c3c([2H])c([2H])c([2H])c([2H])c23)c([2H])c1[2H]. The number of hydrogen-bond donors (Lipinski definition) is 0. The summed E-state index contributed by atoms with van der Waals surface area (Å²) >= 11 is 0. The Morgan fingerprint density at radius 1 is 0.367 bits per heavy atom. The minimum absolute atomic E-state index is 0.138. The first-order valence-electron chi connectivity index (χ1n) is 24.0. The molecule has 10 rings (SSSR count). The smallest absolute Gasteiger partial charge is 0.136 e. The van der Waals surface area contributed by atoms with Crippen LogP contribution in [0.5, 0.6) is 0 Å². The molecule has 0 atom stereocenters. The Balaban J connectivity index is 1.32. The average molecular weight is 640 g/mol. The van der Waals surface area contributed by atoms with E-state index in [1.807, 2.05) is 54.6 Å². The Labute approximate surface area is 308 Å². The summed E-state index contributed by atoms with van der Waals surface area (Å²) in [5.41, 5.74) is 0.789. The molecule has 0 N–H and O–H groups in total. The first kappa shape index (κ1) is 15.6. The number of rotatable bonds is 4. The molecule has 1 heteroatoms. The van der Waals surface area contributed by atoms with Crippen molar-refractivity contribution in [3.8, 4) is 44.5 Å². The van der Waals surface area contributed by atoms with Gasteiger partial charge in [-0.3, -0.25) is 0 Å². The number of furan rings is 1. The highest BCUT2D eigenvalue weighted by atomic mass is 16.3. The first-order chi connectivity index (χ1) is 31.4. The highest BCUT2D eigenvalue weighted by Crippen LogP contribution is 2.44. The van der Waals surface area contributed by atoms with Crippen LogP contribution in [0.25, 0.3) is 98.8 Å². The maximum Gasteiger partial charge on any atom is 0.136 e. The van der Waals surface area contributed by atoms with Crippen LogP contribution in [0.3, 0.4) is 0 Å². The van der Waals surface area contributed by atoms with E-state index in [0.717, 1.165) is 27.3 Å². The molecule has 0 saturated carbocycles. The van der Waals surface area contributed by atoms with Gasteiger partial charge < -0.3 is 4.42 Å². The molecule has 228 valence electrons. The predicted molar refractivity (Wildman–Crippen MR) is 208 cm³/mol. The van der Waals surface area contributed by atoms with Gasteiger partial charge in [0.2, 0.25) is 0 Å². The van der Waals surface area contributed by atoms with Crippen LogP contribution in [-0.4, -0.2) is 0 Å². The first-order valence-corrected chi connectivity index (χ1v) is 15.5. The quantitative estimate of drug-likeness (QED) is 0.175. The fourth-order valence-corrected chi connectivity index (χ4v) is 6.66. The van der Waals surface area contributed by atoms with Crippen LogP contribution in [-0.2, 0) is 0 Å². The van der Waals surface area contributed by atoms with Crippen molar-refractivity contribution in [3.63, 3.8) is 0 Å². The minimum Gasteiger partial charge on any atom is -0.456 e. The van der Waals surface area contributed by atoms with E-state index < -0.39 is 147 Å². The Hall–Kier alpha value is -6.44. The van der Waals surface area contributed by atoms with Gasteiger partial charge in [-0.2, -0.15) is 0 Å². The molecule has 49 heavy (non-hydrogen) atoms. The van der Waals surface area contributed by atoms with Gasteiger partial charge in [-0.1, -0.05) is 157 Å². The Morgan fingerprint density at radius 2 is 0.959 bits per heavy atom. The van der Waals surface area contributed by atoms with Crippen molar-refractivity contribution in [3.05, 3.63) is 182 Å². The van der Waals surface area contributed by atoms with E-state index in [1.165, 1.54) is 0 Å². The van der Waals surface area contributed by atoms with Gasteiger partial charge >= 0.3 is 0 Å². The van der Waals surface area contributed by atoms with Gasteiger partial charge in [0, 0.05) is 10.8 Å². The molecule has 0 bridgehead atoms. The summed E-state index contributed by atoms with van der Waals surface area (Å²) in [6, 6.07) is 11.5. The highest BCUT2D eigenvalue weighted by Gasteiger charge is 2.17. The number of fused-ring (bicyclic) bond motifs is 6. The summed E-state index contributed by atoms with van der Waals surface area (Å²) in [6.07, 6.45) is 0. The molecule has 1 aromatic heterocycles. The van der Waals surface area contributed by atoms with E-state index in [0.29, 0.717) is 16.6 Å². The lowest BCUT2D eigenvalue weighted by molar-refractivity contribution is 0.669.